The van der Waals surface area contributed by atoms with Crippen molar-refractivity contribution in [1.29, 1.82) is 0 Å². The number of nitrogens with zero attached hydrogens (tertiary/aromatic N) is 2. The predicted molar refractivity (Wildman–Crippen MR) is 52.7 cm³/mol. The molecular weight excluding hydrogens is 182 g/mol. The Balaban J connectivity index is 2.96. The SMILES string of the molecule is Cc1nc(C)c(N)c(CC(O)CO)n1. The fourth-order valence-electron chi connectivity index (χ4n) is 1.24. The summed E-state index contributed by atoms with van der Waals surface area (Å²) in [5.74, 6) is 0.622. The van der Waals surface area contributed by atoms with Gasteiger partial charge in [0.2, 0.25) is 0 Å². The maximum absolute atomic E-state index is 9.25. The van der Waals surface area contributed by atoms with Crippen molar-refractivity contribution >= 4 is 5.69 Å². The summed E-state index contributed by atoms with van der Waals surface area (Å²) in [4.78, 5) is 8.20. The molecule has 78 valence electrons. The molecular formula is C9H15N3O2. The van der Waals surface area contributed by atoms with Crippen molar-refractivity contribution in [3.63, 3.8) is 0 Å². The molecule has 14 heavy (non-hydrogen) atoms. The molecule has 0 saturated carbocycles. The second kappa shape index (κ2) is 4.34. The minimum Gasteiger partial charge on any atom is -0.396 e. The van der Waals surface area contributed by atoms with E-state index in [0.29, 0.717) is 22.9 Å². The highest BCUT2D eigenvalue weighted by Crippen LogP contribution is 2.14. The molecule has 5 nitrogen and oxygen atoms in total. The van der Waals surface area contributed by atoms with Crippen molar-refractivity contribution in [1.82, 2.24) is 9.97 Å². The van der Waals surface area contributed by atoms with Crippen LogP contribution in [0.3, 0.4) is 0 Å². The number of aromatic nitrogens is 2. The smallest absolute Gasteiger partial charge is 0.125 e. The molecule has 0 spiro atoms. The third-order valence-corrected chi connectivity index (χ3v) is 1.97. The zero-order valence-electron chi connectivity index (χ0n) is 8.36. The van der Waals surface area contributed by atoms with E-state index >= 15 is 0 Å². The summed E-state index contributed by atoms with van der Waals surface area (Å²) in [6, 6.07) is 0. The van der Waals surface area contributed by atoms with Gasteiger partial charge in [0.25, 0.3) is 0 Å². The zero-order chi connectivity index (χ0) is 10.7. The van der Waals surface area contributed by atoms with Crippen molar-refractivity contribution in [2.24, 2.45) is 0 Å². The van der Waals surface area contributed by atoms with Crippen LogP contribution in [0.4, 0.5) is 5.69 Å². The molecule has 0 aliphatic rings. The summed E-state index contributed by atoms with van der Waals surface area (Å²) in [5, 5.41) is 17.9. The van der Waals surface area contributed by atoms with E-state index in [1.165, 1.54) is 0 Å². The molecule has 1 unspecified atom stereocenters. The highest BCUT2D eigenvalue weighted by molar-refractivity contribution is 5.47. The number of nitrogen functional groups attached to an aromatic ring is 1. The molecule has 0 aliphatic heterocycles. The van der Waals surface area contributed by atoms with Gasteiger partial charge in [0, 0.05) is 6.42 Å². The Morgan fingerprint density at radius 1 is 1.36 bits per heavy atom. The van der Waals surface area contributed by atoms with E-state index in [1.54, 1.807) is 13.8 Å². The molecule has 0 amide bonds. The molecule has 1 aromatic heterocycles. The van der Waals surface area contributed by atoms with Crippen LogP contribution in [0, 0.1) is 13.8 Å². The maximum Gasteiger partial charge on any atom is 0.125 e. The Morgan fingerprint density at radius 2 is 2.00 bits per heavy atom. The first-order valence-corrected chi connectivity index (χ1v) is 4.43. The molecule has 0 radical (unpaired) electrons. The number of anilines is 1. The number of aliphatic hydroxyl groups excluding tert-OH is 2. The lowest BCUT2D eigenvalue weighted by molar-refractivity contribution is 0.0948. The number of nitrogens with two attached hydrogens (primary N) is 1. The fourth-order valence-corrected chi connectivity index (χ4v) is 1.24. The van der Waals surface area contributed by atoms with Gasteiger partial charge in [-0.05, 0) is 13.8 Å². The lowest BCUT2D eigenvalue weighted by Crippen LogP contribution is -2.18. The maximum atomic E-state index is 9.25. The second-order valence-electron chi connectivity index (χ2n) is 3.26. The van der Waals surface area contributed by atoms with Crippen LogP contribution in [-0.2, 0) is 6.42 Å². The molecule has 0 saturated heterocycles. The van der Waals surface area contributed by atoms with Crippen LogP contribution in [0.25, 0.3) is 0 Å². The quantitative estimate of drug-likeness (QED) is 0.611. The fraction of sp³-hybridized carbons (Fsp3) is 0.556. The van der Waals surface area contributed by atoms with Crippen molar-refractivity contribution in [3.8, 4) is 0 Å². The summed E-state index contributed by atoms with van der Waals surface area (Å²) in [7, 11) is 0. The Bertz CT molecular complexity index is 328. The molecule has 1 rings (SSSR count). The monoisotopic (exact) mass is 197 g/mol. The third-order valence-electron chi connectivity index (χ3n) is 1.97. The van der Waals surface area contributed by atoms with Crippen molar-refractivity contribution in [2.75, 3.05) is 12.3 Å². The molecule has 1 heterocycles. The van der Waals surface area contributed by atoms with Gasteiger partial charge >= 0.3 is 0 Å². The van der Waals surface area contributed by atoms with Crippen LogP contribution >= 0.6 is 0 Å². The molecule has 1 atom stereocenters. The van der Waals surface area contributed by atoms with Crippen LogP contribution in [0.1, 0.15) is 17.2 Å². The van der Waals surface area contributed by atoms with E-state index < -0.39 is 6.10 Å². The van der Waals surface area contributed by atoms with E-state index in [-0.39, 0.29) is 13.0 Å². The van der Waals surface area contributed by atoms with E-state index in [0.717, 1.165) is 0 Å². The summed E-state index contributed by atoms with van der Waals surface area (Å²) in [6.45, 7) is 3.27. The molecule has 0 aliphatic carbocycles. The number of hydrogen-bond acceptors (Lipinski definition) is 5. The van der Waals surface area contributed by atoms with E-state index in [9.17, 15) is 5.11 Å². The van der Waals surface area contributed by atoms with Gasteiger partial charge in [-0.2, -0.15) is 0 Å². The van der Waals surface area contributed by atoms with Gasteiger partial charge in [-0.3, -0.25) is 0 Å². The number of aryl methyl sites for hydroxylation is 2. The van der Waals surface area contributed by atoms with Gasteiger partial charge in [-0.1, -0.05) is 0 Å². The van der Waals surface area contributed by atoms with Crippen molar-refractivity contribution < 1.29 is 10.2 Å². The molecule has 0 bridgehead atoms. The van der Waals surface area contributed by atoms with Crippen molar-refractivity contribution in [2.45, 2.75) is 26.4 Å². The Labute approximate surface area is 82.6 Å². The minimum atomic E-state index is -0.814. The van der Waals surface area contributed by atoms with Gasteiger partial charge < -0.3 is 15.9 Å². The van der Waals surface area contributed by atoms with Gasteiger partial charge in [-0.25, -0.2) is 9.97 Å². The predicted octanol–water partition coefficient (Wildman–Crippen LogP) is -0.429. The number of rotatable bonds is 3. The minimum absolute atomic E-state index is 0.256. The topological polar surface area (TPSA) is 92.3 Å². The number of aliphatic hydroxyl groups is 2. The summed E-state index contributed by atoms with van der Waals surface area (Å²) >= 11 is 0. The Morgan fingerprint density at radius 3 is 2.57 bits per heavy atom. The van der Waals surface area contributed by atoms with Crippen molar-refractivity contribution in [3.05, 3.63) is 17.2 Å². The summed E-state index contributed by atoms with van der Waals surface area (Å²) in [5.41, 5.74) is 7.53. The zero-order valence-corrected chi connectivity index (χ0v) is 8.36. The Kier molecular flexibility index (Phi) is 3.38. The lowest BCUT2D eigenvalue weighted by Gasteiger charge is -2.10. The van der Waals surface area contributed by atoms with Gasteiger partial charge in [0.15, 0.2) is 0 Å². The number of hydrogen-bond donors (Lipinski definition) is 3. The summed E-state index contributed by atoms with van der Waals surface area (Å²) in [6.07, 6.45) is -0.557. The van der Waals surface area contributed by atoms with Gasteiger partial charge in [-0.15, -0.1) is 0 Å². The van der Waals surface area contributed by atoms with Gasteiger partial charge in [0.1, 0.15) is 5.82 Å². The average molecular weight is 197 g/mol. The second-order valence-corrected chi connectivity index (χ2v) is 3.26. The summed E-state index contributed by atoms with van der Waals surface area (Å²) < 4.78 is 0. The van der Waals surface area contributed by atoms with Crippen LogP contribution < -0.4 is 5.73 Å². The lowest BCUT2D eigenvalue weighted by atomic mass is 10.1. The highest BCUT2D eigenvalue weighted by Gasteiger charge is 2.11. The van der Waals surface area contributed by atoms with E-state index in [4.69, 9.17) is 10.8 Å². The molecule has 0 aromatic carbocycles. The standard InChI is InChI=1S/C9H15N3O2/c1-5-9(10)8(3-7(14)4-13)12-6(2)11-5/h7,13-14H,3-4,10H2,1-2H3. The van der Waals surface area contributed by atoms with Crippen LogP contribution in [0.5, 0.6) is 0 Å². The van der Waals surface area contributed by atoms with E-state index in [2.05, 4.69) is 9.97 Å². The molecule has 0 fully saturated rings. The third kappa shape index (κ3) is 2.40. The highest BCUT2D eigenvalue weighted by atomic mass is 16.3. The molecule has 1 aromatic rings. The molecule has 5 heteroatoms. The first kappa shape index (κ1) is 10.9. The van der Waals surface area contributed by atoms with Crippen LogP contribution in [0.2, 0.25) is 0 Å². The first-order valence-electron chi connectivity index (χ1n) is 4.43. The normalized spacial score (nSPS) is 12.9. The average Bonchev–Trinajstić information content (AvgIpc) is 2.13. The van der Waals surface area contributed by atoms with E-state index in [1.807, 2.05) is 0 Å². The van der Waals surface area contributed by atoms with Crippen LogP contribution in [0.15, 0.2) is 0 Å². The van der Waals surface area contributed by atoms with Crippen LogP contribution in [-0.4, -0.2) is 32.9 Å². The van der Waals surface area contributed by atoms with Gasteiger partial charge in [0.05, 0.1) is 29.8 Å². The largest absolute Gasteiger partial charge is 0.396 e. The first-order chi connectivity index (χ1) is 6.54. The molecule has 4 N–H and O–H groups in total. The Hall–Kier alpha value is -1.20.